The van der Waals surface area contributed by atoms with Crippen LogP contribution in [0.5, 0.6) is 0 Å². The number of hydrogen-bond donors (Lipinski definition) is 2. The molecule has 0 saturated heterocycles. The number of rotatable bonds is 15. The van der Waals surface area contributed by atoms with Crippen molar-refractivity contribution in [3.63, 3.8) is 0 Å². The van der Waals surface area contributed by atoms with Crippen LogP contribution in [0.1, 0.15) is 111 Å². The Hall–Kier alpha value is -2.57. The van der Waals surface area contributed by atoms with Crippen molar-refractivity contribution < 1.29 is 19.1 Å². The fraction of sp³-hybridized carbons (Fsp3) is 0.700. The number of nitrogens with zero attached hydrogens (tertiary/aromatic N) is 1. The Morgan fingerprint density at radius 3 is 2.05 bits per heavy atom. The van der Waals surface area contributed by atoms with Gasteiger partial charge in [-0.05, 0) is 57.1 Å². The fourth-order valence-electron chi connectivity index (χ4n) is 4.10. The Kier molecular flexibility index (Phi) is 14.3. The van der Waals surface area contributed by atoms with E-state index in [-0.39, 0.29) is 17.7 Å². The second-order valence-electron chi connectivity index (χ2n) is 11.1. The maximum atomic E-state index is 14.1. The molecule has 2 unspecified atom stereocenters. The minimum Gasteiger partial charge on any atom is -0.444 e. The molecule has 1 aromatic carbocycles. The zero-order chi connectivity index (χ0) is 28.0. The lowest BCUT2D eigenvalue weighted by Crippen LogP contribution is -2.55. The molecule has 3 amide bonds. The largest absolute Gasteiger partial charge is 0.444 e. The van der Waals surface area contributed by atoms with E-state index in [2.05, 4.69) is 31.4 Å². The number of alkyl carbamates (subject to hydrolysis) is 1. The van der Waals surface area contributed by atoms with Gasteiger partial charge in [-0.3, -0.25) is 9.59 Å². The van der Waals surface area contributed by atoms with Crippen LogP contribution in [0, 0.1) is 5.92 Å². The quantitative estimate of drug-likeness (QED) is 0.273. The van der Waals surface area contributed by atoms with E-state index in [1.165, 1.54) is 5.56 Å². The van der Waals surface area contributed by atoms with Crippen LogP contribution < -0.4 is 10.6 Å². The number of nitrogens with one attached hydrogen (secondary N) is 2. The van der Waals surface area contributed by atoms with E-state index in [9.17, 15) is 14.4 Å². The highest BCUT2D eigenvalue weighted by atomic mass is 16.6. The third-order valence-corrected chi connectivity index (χ3v) is 6.23. The fourth-order valence-corrected chi connectivity index (χ4v) is 4.10. The monoisotopic (exact) mass is 517 g/mol. The summed E-state index contributed by atoms with van der Waals surface area (Å²) in [6.45, 7) is 16.4. The molecule has 0 aliphatic heterocycles. The van der Waals surface area contributed by atoms with Crippen molar-refractivity contribution in [2.75, 3.05) is 13.1 Å². The van der Waals surface area contributed by atoms with Crippen LogP contribution in [-0.4, -0.2) is 47.5 Å². The molecule has 1 aromatic rings. The van der Waals surface area contributed by atoms with Crippen LogP contribution in [0.3, 0.4) is 0 Å². The highest BCUT2D eigenvalue weighted by Gasteiger charge is 2.37. The Morgan fingerprint density at radius 1 is 0.919 bits per heavy atom. The average Bonchev–Trinajstić information content (AvgIpc) is 2.83. The molecule has 2 atom stereocenters. The summed E-state index contributed by atoms with van der Waals surface area (Å²) in [6, 6.07) is 6.32. The van der Waals surface area contributed by atoms with Gasteiger partial charge in [-0.2, -0.15) is 0 Å². The molecule has 210 valence electrons. The molecule has 7 heteroatoms. The molecular formula is C30H51N3O4. The predicted molar refractivity (Wildman–Crippen MR) is 150 cm³/mol. The van der Waals surface area contributed by atoms with Gasteiger partial charge in [-0.25, -0.2) is 4.79 Å². The number of carbonyl (C=O) groups is 3. The van der Waals surface area contributed by atoms with E-state index in [0.717, 1.165) is 50.5 Å². The second kappa shape index (κ2) is 16.3. The van der Waals surface area contributed by atoms with Crippen molar-refractivity contribution in [2.45, 2.75) is 118 Å². The van der Waals surface area contributed by atoms with Gasteiger partial charge >= 0.3 is 6.09 Å². The van der Waals surface area contributed by atoms with Gasteiger partial charge in [-0.15, -0.1) is 0 Å². The maximum Gasteiger partial charge on any atom is 0.408 e. The molecule has 0 aromatic heterocycles. The van der Waals surface area contributed by atoms with Gasteiger partial charge in [-0.1, -0.05) is 84.6 Å². The standard InChI is InChI=1S/C30H51N3O4/c1-9-12-14-15-21-33(28(35)25(22(4)5)32-29(36)37-30(6,7)8)26(27(34)31-20-13-10-2)24-18-16-23(11-3)17-19-24/h16-19,22,25-26H,9-15,20-21H2,1-8H3,(H,31,34)(H,32,36). The lowest BCUT2D eigenvalue weighted by molar-refractivity contribution is -0.143. The number of carbonyl (C=O) groups excluding carboxylic acids is 3. The van der Waals surface area contributed by atoms with Crippen molar-refractivity contribution in [2.24, 2.45) is 5.92 Å². The van der Waals surface area contributed by atoms with Crippen LogP contribution in [0.2, 0.25) is 0 Å². The smallest absolute Gasteiger partial charge is 0.408 e. The van der Waals surface area contributed by atoms with Crippen molar-refractivity contribution in [3.05, 3.63) is 35.4 Å². The van der Waals surface area contributed by atoms with Crippen molar-refractivity contribution in [1.82, 2.24) is 15.5 Å². The zero-order valence-electron chi connectivity index (χ0n) is 24.5. The predicted octanol–water partition coefficient (Wildman–Crippen LogP) is 6.16. The molecule has 1 rings (SSSR count). The van der Waals surface area contributed by atoms with Crippen molar-refractivity contribution >= 4 is 17.9 Å². The van der Waals surface area contributed by atoms with Gasteiger partial charge in [0, 0.05) is 13.1 Å². The first-order valence-electron chi connectivity index (χ1n) is 14.1. The molecule has 0 radical (unpaired) electrons. The Bertz CT molecular complexity index is 830. The first-order valence-corrected chi connectivity index (χ1v) is 14.1. The van der Waals surface area contributed by atoms with E-state index < -0.39 is 23.8 Å². The molecule has 0 bridgehead atoms. The minimum absolute atomic E-state index is 0.190. The summed E-state index contributed by atoms with van der Waals surface area (Å²) < 4.78 is 5.44. The Labute approximate surface area is 225 Å². The SMILES string of the molecule is CCCCCCN(C(=O)C(NC(=O)OC(C)(C)C)C(C)C)C(C(=O)NCCCC)c1ccc(CC)cc1. The number of aryl methyl sites for hydroxylation is 1. The Balaban J connectivity index is 3.42. The molecule has 0 aliphatic carbocycles. The first-order chi connectivity index (χ1) is 17.4. The molecule has 0 heterocycles. The van der Waals surface area contributed by atoms with Gasteiger partial charge in [0.2, 0.25) is 11.8 Å². The van der Waals surface area contributed by atoms with Crippen LogP contribution in [0.25, 0.3) is 0 Å². The van der Waals surface area contributed by atoms with Crippen LogP contribution in [0.4, 0.5) is 4.79 Å². The van der Waals surface area contributed by atoms with E-state index in [4.69, 9.17) is 4.74 Å². The highest BCUT2D eigenvalue weighted by Crippen LogP contribution is 2.25. The third kappa shape index (κ3) is 11.6. The number of hydrogen-bond acceptors (Lipinski definition) is 4. The minimum atomic E-state index is -0.818. The lowest BCUT2D eigenvalue weighted by atomic mass is 9.97. The normalized spacial score (nSPS) is 13.1. The van der Waals surface area contributed by atoms with E-state index in [1.54, 1.807) is 25.7 Å². The second-order valence-corrected chi connectivity index (χ2v) is 11.1. The third-order valence-electron chi connectivity index (χ3n) is 6.23. The molecule has 0 saturated carbocycles. The van der Waals surface area contributed by atoms with E-state index in [1.807, 2.05) is 38.1 Å². The maximum absolute atomic E-state index is 14.1. The van der Waals surface area contributed by atoms with Gasteiger partial charge in [0.15, 0.2) is 0 Å². The zero-order valence-corrected chi connectivity index (χ0v) is 24.5. The number of ether oxygens (including phenoxy) is 1. The molecule has 37 heavy (non-hydrogen) atoms. The summed E-state index contributed by atoms with van der Waals surface area (Å²) in [4.78, 5) is 42.0. The molecule has 0 fully saturated rings. The lowest BCUT2D eigenvalue weighted by Gasteiger charge is -2.35. The number of unbranched alkanes of at least 4 members (excludes halogenated alkanes) is 4. The molecular weight excluding hydrogens is 466 g/mol. The summed E-state index contributed by atoms with van der Waals surface area (Å²) in [5.74, 6) is -0.654. The summed E-state index contributed by atoms with van der Waals surface area (Å²) in [5.41, 5.74) is 1.26. The summed E-state index contributed by atoms with van der Waals surface area (Å²) in [6.07, 6.45) is 5.96. The Morgan fingerprint density at radius 2 is 1.54 bits per heavy atom. The molecule has 0 spiro atoms. The summed E-state index contributed by atoms with van der Waals surface area (Å²) in [7, 11) is 0. The summed E-state index contributed by atoms with van der Waals surface area (Å²) >= 11 is 0. The van der Waals surface area contributed by atoms with Crippen LogP contribution >= 0.6 is 0 Å². The molecule has 2 N–H and O–H groups in total. The van der Waals surface area contributed by atoms with Crippen molar-refractivity contribution in [1.29, 1.82) is 0 Å². The number of amides is 3. The van der Waals surface area contributed by atoms with Gasteiger partial charge in [0.25, 0.3) is 0 Å². The van der Waals surface area contributed by atoms with Crippen LogP contribution in [-0.2, 0) is 20.7 Å². The van der Waals surface area contributed by atoms with E-state index >= 15 is 0 Å². The highest BCUT2D eigenvalue weighted by molar-refractivity contribution is 5.92. The average molecular weight is 518 g/mol. The van der Waals surface area contributed by atoms with Gasteiger partial charge in [0.05, 0.1) is 0 Å². The van der Waals surface area contributed by atoms with Gasteiger partial charge < -0.3 is 20.3 Å². The molecule has 0 aliphatic rings. The first kappa shape index (κ1) is 32.5. The molecule has 7 nitrogen and oxygen atoms in total. The van der Waals surface area contributed by atoms with E-state index in [0.29, 0.717) is 13.1 Å². The topological polar surface area (TPSA) is 87.7 Å². The summed E-state index contributed by atoms with van der Waals surface area (Å²) in [5, 5.41) is 5.83. The van der Waals surface area contributed by atoms with Crippen molar-refractivity contribution in [3.8, 4) is 0 Å². The van der Waals surface area contributed by atoms with Crippen LogP contribution in [0.15, 0.2) is 24.3 Å². The number of benzene rings is 1. The van der Waals surface area contributed by atoms with Gasteiger partial charge in [0.1, 0.15) is 17.7 Å².